The minimum atomic E-state index is -8.89. The third kappa shape index (κ3) is 6.15. The molecule has 0 saturated carbocycles. The van der Waals surface area contributed by atoms with Crippen LogP contribution in [0.2, 0.25) is 0 Å². The monoisotopic (exact) mass is 712 g/mol. The second-order valence-electron chi connectivity index (χ2n) is 6.61. The SMILES string of the molecule is O=Cc1ccccc1O.O=S(=O)(O)C(F)(F)C(F)(F)C(F)(F)C(F)(F)C(F)(F)C(F)(F)C(F)(F)C(F)(F)F.[Zr]. The molecule has 0 saturated heterocycles. The van der Waals surface area contributed by atoms with Crippen LogP contribution in [0.15, 0.2) is 24.3 Å². The van der Waals surface area contributed by atoms with Gasteiger partial charge in [-0.1, -0.05) is 12.1 Å². The Kier molecular flexibility index (Phi) is 11.4. The van der Waals surface area contributed by atoms with E-state index in [9.17, 15) is 87.8 Å². The number of aromatic hydroxyl groups is 1. The Hall–Kier alpha value is -1.71. The number of halogens is 17. The van der Waals surface area contributed by atoms with Crippen molar-refractivity contribution in [1.29, 1.82) is 0 Å². The minimum absolute atomic E-state index is 0. The van der Waals surface area contributed by atoms with E-state index in [0.29, 0.717) is 11.8 Å². The van der Waals surface area contributed by atoms with E-state index in [4.69, 9.17) is 9.66 Å². The van der Waals surface area contributed by atoms with Crippen LogP contribution in [0.1, 0.15) is 10.4 Å². The molecular formula is C15H7F17O5SZr. The standard InChI is InChI=1S/C8HF17O3S.C7H6O2.Zr/c9-1(10,3(13,14)5(17,18)7(21,22)23)2(11,12)4(15,16)6(19,20)8(24,25)29(26,27)28;8-5-6-3-1-2-4-7(6)9;/h(H,26,27,28);1-5,9H;. The molecule has 0 atom stereocenters. The molecule has 0 amide bonds. The first-order valence-corrected chi connectivity index (χ1v) is 9.70. The average molecular weight is 713 g/mol. The van der Waals surface area contributed by atoms with Crippen LogP contribution in [0.25, 0.3) is 0 Å². The molecule has 24 heteroatoms. The second-order valence-corrected chi connectivity index (χ2v) is 8.08. The smallest absolute Gasteiger partial charge is 0.460 e. The zero-order chi connectivity index (χ0) is 31.2. The van der Waals surface area contributed by atoms with Gasteiger partial charge in [0.2, 0.25) is 0 Å². The van der Waals surface area contributed by atoms with Crippen LogP contribution in [0.4, 0.5) is 74.6 Å². The Morgan fingerprint density at radius 3 is 1.15 bits per heavy atom. The number of para-hydroxylation sites is 1. The molecule has 0 heterocycles. The summed E-state index contributed by atoms with van der Waals surface area (Å²) in [5.74, 6) is -51.9. The van der Waals surface area contributed by atoms with E-state index in [1.54, 1.807) is 18.2 Å². The summed E-state index contributed by atoms with van der Waals surface area (Å²) in [5, 5.41) is 1.04. The molecule has 0 aliphatic rings. The summed E-state index contributed by atoms with van der Waals surface area (Å²) in [6, 6.07) is 6.40. The van der Waals surface area contributed by atoms with Crippen molar-refractivity contribution in [2.24, 2.45) is 0 Å². The van der Waals surface area contributed by atoms with Gasteiger partial charge in [0.25, 0.3) is 0 Å². The first-order valence-electron chi connectivity index (χ1n) is 8.26. The van der Waals surface area contributed by atoms with Gasteiger partial charge in [-0.15, -0.1) is 0 Å². The summed E-state index contributed by atoms with van der Waals surface area (Å²) < 4.78 is 242. The van der Waals surface area contributed by atoms with Crippen LogP contribution in [-0.2, 0) is 36.3 Å². The summed E-state index contributed by atoms with van der Waals surface area (Å²) in [4.78, 5) is 10.1. The predicted octanol–water partition coefficient (Wildman–Crippen LogP) is 6.04. The van der Waals surface area contributed by atoms with Crippen molar-refractivity contribution in [2.45, 2.75) is 47.0 Å². The first kappa shape index (κ1) is 39.4. The summed E-state index contributed by atoms with van der Waals surface area (Å²) >= 11 is 0. The number of phenols is 1. The summed E-state index contributed by atoms with van der Waals surface area (Å²) in [6.07, 6.45) is -7.26. The van der Waals surface area contributed by atoms with E-state index in [0.717, 1.165) is 0 Å². The minimum Gasteiger partial charge on any atom is -0.507 e. The Morgan fingerprint density at radius 2 is 0.897 bits per heavy atom. The molecule has 39 heavy (non-hydrogen) atoms. The van der Waals surface area contributed by atoms with Crippen molar-refractivity contribution in [2.75, 3.05) is 0 Å². The van der Waals surface area contributed by atoms with E-state index in [-0.39, 0.29) is 32.0 Å². The van der Waals surface area contributed by atoms with E-state index in [2.05, 4.69) is 0 Å². The van der Waals surface area contributed by atoms with Gasteiger partial charge in [-0.25, -0.2) is 0 Å². The average Bonchev–Trinajstić information content (AvgIpc) is 2.72. The number of aldehydes is 1. The molecule has 0 bridgehead atoms. The number of hydrogen-bond acceptors (Lipinski definition) is 4. The van der Waals surface area contributed by atoms with Gasteiger partial charge in [-0.3, -0.25) is 9.35 Å². The van der Waals surface area contributed by atoms with Gasteiger partial charge in [0.1, 0.15) is 5.75 Å². The number of rotatable bonds is 8. The van der Waals surface area contributed by atoms with Crippen molar-refractivity contribution >= 4 is 16.4 Å². The molecule has 2 N–H and O–H groups in total. The Morgan fingerprint density at radius 1 is 0.590 bits per heavy atom. The molecular weight excluding hydrogens is 706 g/mol. The zero-order valence-electron chi connectivity index (χ0n) is 17.3. The summed E-state index contributed by atoms with van der Waals surface area (Å²) in [6.45, 7) is 0. The topological polar surface area (TPSA) is 91.7 Å². The molecule has 1 aromatic rings. The predicted molar refractivity (Wildman–Crippen MR) is 85.7 cm³/mol. The zero-order valence-corrected chi connectivity index (χ0v) is 20.6. The maximum atomic E-state index is 13.0. The molecule has 0 aliphatic carbocycles. The maximum Gasteiger partial charge on any atom is 0.460 e. The molecule has 226 valence electrons. The van der Waals surface area contributed by atoms with Crippen LogP contribution in [-0.4, -0.2) is 71.3 Å². The van der Waals surface area contributed by atoms with Gasteiger partial charge in [-0.2, -0.15) is 83.1 Å². The molecule has 0 spiro atoms. The van der Waals surface area contributed by atoms with Crippen LogP contribution in [0, 0.1) is 0 Å². The Balaban J connectivity index is 0. The Bertz CT molecular complexity index is 1120. The molecule has 5 nitrogen and oxygen atoms in total. The van der Waals surface area contributed by atoms with Gasteiger partial charge in [-0.05, 0) is 12.1 Å². The quantitative estimate of drug-likeness (QED) is 0.195. The van der Waals surface area contributed by atoms with E-state index >= 15 is 0 Å². The van der Waals surface area contributed by atoms with Gasteiger partial charge in [0.15, 0.2) is 6.29 Å². The summed E-state index contributed by atoms with van der Waals surface area (Å²) in [7, 11) is -7.89. The van der Waals surface area contributed by atoms with Gasteiger partial charge >= 0.3 is 57.1 Å². The largest absolute Gasteiger partial charge is 0.507 e. The Labute approximate surface area is 222 Å². The van der Waals surface area contributed by atoms with Gasteiger partial charge in [0, 0.05) is 26.2 Å². The van der Waals surface area contributed by atoms with Gasteiger partial charge < -0.3 is 5.11 Å². The number of benzene rings is 1. The van der Waals surface area contributed by atoms with E-state index in [1.165, 1.54) is 6.07 Å². The maximum absolute atomic E-state index is 13.0. The van der Waals surface area contributed by atoms with Crippen molar-refractivity contribution < 1.29 is 124 Å². The van der Waals surface area contributed by atoms with Crippen LogP contribution >= 0.6 is 0 Å². The van der Waals surface area contributed by atoms with Crippen LogP contribution in [0.5, 0.6) is 5.75 Å². The van der Waals surface area contributed by atoms with Crippen molar-refractivity contribution in [1.82, 2.24) is 0 Å². The first-order chi connectivity index (χ1) is 16.3. The number of alkyl halides is 17. The van der Waals surface area contributed by atoms with E-state index in [1.807, 2.05) is 0 Å². The van der Waals surface area contributed by atoms with Crippen LogP contribution < -0.4 is 0 Å². The number of carbonyl (C=O) groups is 1. The molecule has 0 fully saturated rings. The summed E-state index contributed by atoms with van der Waals surface area (Å²) in [5.41, 5.74) is 0.331. The fraction of sp³-hybridized carbons (Fsp3) is 0.533. The molecule has 0 unspecified atom stereocenters. The molecule has 1 aromatic carbocycles. The fourth-order valence-electron chi connectivity index (χ4n) is 1.90. The number of phenolic OH excluding ortho intramolecular Hbond substituents is 1. The van der Waals surface area contributed by atoms with Crippen molar-refractivity contribution in [3.8, 4) is 5.75 Å². The fourth-order valence-corrected chi connectivity index (χ4v) is 2.35. The van der Waals surface area contributed by atoms with Crippen molar-refractivity contribution in [3.05, 3.63) is 29.8 Å². The van der Waals surface area contributed by atoms with Crippen molar-refractivity contribution in [3.63, 3.8) is 0 Å². The molecule has 0 aliphatic heterocycles. The molecule has 0 radical (unpaired) electrons. The van der Waals surface area contributed by atoms with Crippen LogP contribution in [0.3, 0.4) is 0 Å². The normalized spacial score (nSPS) is 14.6. The second kappa shape index (κ2) is 11.3. The molecule has 0 aromatic heterocycles. The third-order valence-corrected chi connectivity index (χ3v) is 4.99. The molecule has 1 rings (SSSR count). The number of hydrogen-bond donors (Lipinski definition) is 2. The van der Waals surface area contributed by atoms with Gasteiger partial charge in [0.05, 0.1) is 5.56 Å². The van der Waals surface area contributed by atoms with E-state index < -0.39 is 57.1 Å². The number of carbonyl (C=O) groups excluding carboxylic acids is 1. The third-order valence-electron chi connectivity index (χ3n) is 4.08.